The van der Waals surface area contributed by atoms with Crippen LogP contribution in [0.15, 0.2) is 78.9 Å². The molecule has 4 rings (SSSR count). The molecular formula is C27H22F4O. The number of alkyl halides is 3. The molecule has 0 amide bonds. The van der Waals surface area contributed by atoms with E-state index in [1.54, 1.807) is 24.3 Å². The molecule has 4 aromatic rings. The van der Waals surface area contributed by atoms with Crippen molar-refractivity contribution in [1.29, 1.82) is 0 Å². The fourth-order valence-electron chi connectivity index (χ4n) is 3.76. The second kappa shape index (κ2) is 9.03. The molecule has 0 bridgehead atoms. The predicted molar refractivity (Wildman–Crippen MR) is 120 cm³/mol. The normalized spacial score (nSPS) is 11.7. The van der Waals surface area contributed by atoms with Crippen molar-refractivity contribution >= 4 is 10.8 Å². The van der Waals surface area contributed by atoms with Crippen LogP contribution in [0.5, 0.6) is 5.75 Å². The minimum atomic E-state index is -4.74. The maximum atomic E-state index is 15.0. The number of rotatable bonds is 6. The molecule has 164 valence electrons. The van der Waals surface area contributed by atoms with Crippen molar-refractivity contribution < 1.29 is 22.3 Å². The minimum Gasteiger partial charge on any atom is -0.406 e. The number of hydrogen-bond donors (Lipinski definition) is 0. The Hall–Kier alpha value is -3.34. The Morgan fingerprint density at radius 1 is 0.719 bits per heavy atom. The van der Waals surface area contributed by atoms with Crippen LogP contribution in [0.4, 0.5) is 17.6 Å². The van der Waals surface area contributed by atoms with Gasteiger partial charge >= 0.3 is 6.36 Å². The van der Waals surface area contributed by atoms with E-state index < -0.39 is 6.36 Å². The van der Waals surface area contributed by atoms with Crippen molar-refractivity contribution in [2.45, 2.75) is 32.5 Å². The molecule has 0 aliphatic heterocycles. The highest BCUT2D eigenvalue weighted by atomic mass is 19.4. The molecule has 0 heterocycles. The van der Waals surface area contributed by atoms with Crippen LogP contribution in [0.2, 0.25) is 0 Å². The first-order valence-electron chi connectivity index (χ1n) is 10.5. The summed E-state index contributed by atoms with van der Waals surface area (Å²) in [7, 11) is 0. The molecule has 0 unspecified atom stereocenters. The highest BCUT2D eigenvalue weighted by Crippen LogP contribution is 2.32. The van der Waals surface area contributed by atoms with Gasteiger partial charge in [0.15, 0.2) is 0 Å². The van der Waals surface area contributed by atoms with Crippen LogP contribution in [0.3, 0.4) is 0 Å². The van der Waals surface area contributed by atoms with E-state index in [1.165, 1.54) is 29.8 Å². The number of unbranched alkanes of at least 4 members (excludes halogenated alkanes) is 1. The molecule has 0 spiro atoms. The van der Waals surface area contributed by atoms with Gasteiger partial charge in [-0.25, -0.2) is 4.39 Å². The molecule has 0 aliphatic rings. The van der Waals surface area contributed by atoms with E-state index in [1.807, 2.05) is 18.2 Å². The van der Waals surface area contributed by atoms with E-state index in [2.05, 4.69) is 23.8 Å². The molecule has 0 aliphatic carbocycles. The summed E-state index contributed by atoms with van der Waals surface area (Å²) in [4.78, 5) is 0. The Labute approximate surface area is 184 Å². The lowest BCUT2D eigenvalue weighted by Gasteiger charge is -2.11. The second-order valence-electron chi connectivity index (χ2n) is 7.77. The average molecular weight is 438 g/mol. The van der Waals surface area contributed by atoms with Gasteiger partial charge in [0.25, 0.3) is 0 Å². The monoisotopic (exact) mass is 438 g/mol. The highest BCUT2D eigenvalue weighted by Gasteiger charge is 2.31. The number of fused-ring (bicyclic) bond motifs is 1. The summed E-state index contributed by atoms with van der Waals surface area (Å²) in [5.41, 5.74) is 4.11. The smallest absolute Gasteiger partial charge is 0.406 e. The lowest BCUT2D eigenvalue weighted by molar-refractivity contribution is -0.274. The van der Waals surface area contributed by atoms with E-state index in [4.69, 9.17) is 0 Å². The Morgan fingerprint density at radius 2 is 1.38 bits per heavy atom. The second-order valence-corrected chi connectivity index (χ2v) is 7.77. The maximum Gasteiger partial charge on any atom is 0.573 e. The number of hydrogen-bond acceptors (Lipinski definition) is 1. The standard InChI is InChI=1S/C27H22F4O/c1-2-3-4-18-5-7-19(8-6-18)22-12-14-25(26(28)17-22)23-10-9-21-16-24(32-27(29,30)31)13-11-20(21)15-23/h5-17H,2-4H2,1H3. The van der Waals surface area contributed by atoms with Crippen molar-refractivity contribution in [3.63, 3.8) is 0 Å². The van der Waals surface area contributed by atoms with Crippen molar-refractivity contribution in [1.82, 2.24) is 0 Å². The zero-order valence-electron chi connectivity index (χ0n) is 17.5. The fourth-order valence-corrected chi connectivity index (χ4v) is 3.76. The molecule has 0 saturated heterocycles. The third-order valence-electron chi connectivity index (χ3n) is 5.43. The first-order chi connectivity index (χ1) is 15.3. The van der Waals surface area contributed by atoms with E-state index in [0.29, 0.717) is 21.9 Å². The van der Waals surface area contributed by atoms with Gasteiger partial charge < -0.3 is 4.74 Å². The number of benzene rings is 4. The van der Waals surface area contributed by atoms with Crippen molar-refractivity contribution in [2.75, 3.05) is 0 Å². The molecule has 0 fully saturated rings. The maximum absolute atomic E-state index is 15.0. The minimum absolute atomic E-state index is 0.283. The third kappa shape index (κ3) is 5.10. The average Bonchev–Trinajstić information content (AvgIpc) is 2.76. The summed E-state index contributed by atoms with van der Waals surface area (Å²) in [5.74, 6) is -0.636. The molecule has 32 heavy (non-hydrogen) atoms. The summed E-state index contributed by atoms with van der Waals surface area (Å²) >= 11 is 0. The molecule has 0 N–H and O–H groups in total. The van der Waals surface area contributed by atoms with Crippen LogP contribution >= 0.6 is 0 Å². The van der Waals surface area contributed by atoms with Crippen LogP contribution in [-0.2, 0) is 6.42 Å². The summed E-state index contributed by atoms with van der Waals surface area (Å²) in [6.07, 6.45) is -1.42. The number of halogens is 4. The van der Waals surface area contributed by atoms with E-state index in [0.717, 1.165) is 30.4 Å². The van der Waals surface area contributed by atoms with Gasteiger partial charge in [0, 0.05) is 5.56 Å². The molecule has 0 aromatic heterocycles. The van der Waals surface area contributed by atoms with E-state index in [-0.39, 0.29) is 11.6 Å². The predicted octanol–water partition coefficient (Wildman–Crippen LogP) is 8.55. The van der Waals surface area contributed by atoms with Crippen molar-refractivity contribution in [3.8, 4) is 28.0 Å². The zero-order valence-corrected chi connectivity index (χ0v) is 17.5. The lowest BCUT2D eigenvalue weighted by Crippen LogP contribution is -2.16. The molecule has 5 heteroatoms. The molecule has 0 atom stereocenters. The molecule has 0 saturated carbocycles. The van der Waals surface area contributed by atoms with Gasteiger partial charge in [-0.15, -0.1) is 13.2 Å². The summed E-state index contributed by atoms with van der Waals surface area (Å²) in [6, 6.07) is 22.5. The fraction of sp³-hybridized carbons (Fsp3) is 0.185. The SMILES string of the molecule is CCCCc1ccc(-c2ccc(-c3ccc4cc(OC(F)(F)F)ccc4c3)c(F)c2)cc1. The largest absolute Gasteiger partial charge is 0.573 e. The van der Waals surface area contributed by atoms with E-state index in [9.17, 15) is 17.6 Å². The van der Waals surface area contributed by atoms with Crippen LogP contribution in [0.25, 0.3) is 33.0 Å². The van der Waals surface area contributed by atoms with Gasteiger partial charge in [0.1, 0.15) is 11.6 Å². The van der Waals surface area contributed by atoms with Crippen LogP contribution in [-0.4, -0.2) is 6.36 Å². The lowest BCUT2D eigenvalue weighted by atomic mass is 9.97. The first-order valence-corrected chi connectivity index (χ1v) is 10.5. The Morgan fingerprint density at radius 3 is 2.06 bits per heavy atom. The quantitative estimate of drug-likeness (QED) is 0.274. The molecule has 0 radical (unpaired) electrons. The van der Waals surface area contributed by atoms with Crippen LogP contribution in [0.1, 0.15) is 25.3 Å². The number of aryl methyl sites for hydroxylation is 1. The van der Waals surface area contributed by atoms with Gasteiger partial charge in [0.2, 0.25) is 0 Å². The van der Waals surface area contributed by atoms with Crippen molar-refractivity contribution in [3.05, 3.63) is 90.2 Å². The summed E-state index contributed by atoms with van der Waals surface area (Å²) in [5, 5.41) is 1.28. The topological polar surface area (TPSA) is 9.23 Å². The highest BCUT2D eigenvalue weighted by molar-refractivity contribution is 5.88. The van der Waals surface area contributed by atoms with Gasteiger partial charge in [-0.05, 0) is 70.1 Å². The van der Waals surface area contributed by atoms with Gasteiger partial charge in [-0.1, -0.05) is 67.9 Å². The van der Waals surface area contributed by atoms with Crippen molar-refractivity contribution in [2.24, 2.45) is 0 Å². The summed E-state index contributed by atoms with van der Waals surface area (Å²) in [6.45, 7) is 2.16. The van der Waals surface area contributed by atoms with E-state index >= 15 is 0 Å². The zero-order chi connectivity index (χ0) is 22.7. The first kappa shape index (κ1) is 21.9. The third-order valence-corrected chi connectivity index (χ3v) is 5.43. The van der Waals surface area contributed by atoms with Gasteiger partial charge in [-0.3, -0.25) is 0 Å². The Balaban J connectivity index is 1.59. The van der Waals surface area contributed by atoms with Crippen LogP contribution < -0.4 is 4.74 Å². The van der Waals surface area contributed by atoms with Gasteiger partial charge in [-0.2, -0.15) is 0 Å². The van der Waals surface area contributed by atoms with Gasteiger partial charge in [0.05, 0.1) is 0 Å². The molecular weight excluding hydrogens is 416 g/mol. The van der Waals surface area contributed by atoms with Crippen LogP contribution in [0, 0.1) is 5.82 Å². The number of ether oxygens (including phenoxy) is 1. The molecule has 4 aromatic carbocycles. The Kier molecular flexibility index (Phi) is 6.17. The summed E-state index contributed by atoms with van der Waals surface area (Å²) < 4.78 is 56.2. The molecule has 1 nitrogen and oxygen atoms in total. The Bertz CT molecular complexity index is 1230.